The molecule has 1 aliphatic rings. The molecule has 0 bridgehead atoms. The number of hydrogen-bond donors (Lipinski definition) is 3. The van der Waals surface area contributed by atoms with Crippen molar-refractivity contribution < 1.29 is 0 Å². The average Bonchev–Trinajstić information content (AvgIpc) is 3.10. The fraction of sp³-hybridized carbons (Fsp3) is 0.333. The molecule has 0 spiro atoms. The quantitative estimate of drug-likeness (QED) is 0.695. The lowest BCUT2D eigenvalue weighted by molar-refractivity contribution is 0.366. The summed E-state index contributed by atoms with van der Waals surface area (Å²) in [6.07, 6.45) is 4.09. The lowest BCUT2D eigenvalue weighted by Gasteiger charge is -2.30. The maximum atomic E-state index is 4.76. The summed E-state index contributed by atoms with van der Waals surface area (Å²) in [6, 6.07) is 13.1. The predicted octanol–water partition coefficient (Wildman–Crippen LogP) is 3.21. The van der Waals surface area contributed by atoms with Gasteiger partial charge in [0.1, 0.15) is 0 Å². The fourth-order valence-electron chi connectivity index (χ4n) is 3.48. The van der Waals surface area contributed by atoms with Crippen LogP contribution in [0.5, 0.6) is 0 Å². The molecule has 4 rings (SSSR count). The normalized spacial score (nSPS) is 21.4. The zero-order valence-corrected chi connectivity index (χ0v) is 13.2. The fourth-order valence-corrected chi connectivity index (χ4v) is 3.48. The first-order chi connectivity index (χ1) is 11.3. The number of hydrogen-bond acceptors (Lipinski definition) is 4. The molecular formula is C18H21N5. The minimum absolute atomic E-state index is 0.382. The second kappa shape index (κ2) is 6.01. The van der Waals surface area contributed by atoms with E-state index in [1.165, 1.54) is 5.56 Å². The van der Waals surface area contributed by atoms with E-state index in [0.29, 0.717) is 17.9 Å². The summed E-state index contributed by atoms with van der Waals surface area (Å²) in [7, 11) is 1.87. The van der Waals surface area contributed by atoms with Gasteiger partial charge in [0.15, 0.2) is 0 Å². The number of rotatable bonds is 3. The molecule has 1 fully saturated rings. The van der Waals surface area contributed by atoms with Gasteiger partial charge < -0.3 is 15.6 Å². The van der Waals surface area contributed by atoms with Crippen molar-refractivity contribution >= 4 is 17.0 Å². The van der Waals surface area contributed by atoms with Crippen LogP contribution in [0.25, 0.3) is 11.0 Å². The predicted molar refractivity (Wildman–Crippen MR) is 92.6 cm³/mol. The number of anilines is 1. The molecule has 0 radical (unpaired) electrons. The molecule has 118 valence electrons. The number of nitrogens with zero attached hydrogens (tertiary/aromatic N) is 2. The van der Waals surface area contributed by atoms with Crippen LogP contribution < -0.4 is 10.6 Å². The van der Waals surface area contributed by atoms with Crippen molar-refractivity contribution in [3.05, 3.63) is 53.9 Å². The van der Waals surface area contributed by atoms with Gasteiger partial charge in [0, 0.05) is 25.2 Å². The van der Waals surface area contributed by atoms with Gasteiger partial charge in [-0.3, -0.25) is 0 Å². The first-order valence-electron chi connectivity index (χ1n) is 8.16. The molecule has 0 aliphatic carbocycles. The number of aromatic amines is 1. The van der Waals surface area contributed by atoms with Crippen LogP contribution >= 0.6 is 0 Å². The Morgan fingerprint density at radius 3 is 2.83 bits per heavy atom. The molecular weight excluding hydrogens is 286 g/mol. The second-order valence-corrected chi connectivity index (χ2v) is 6.06. The van der Waals surface area contributed by atoms with Gasteiger partial charge in [-0.1, -0.05) is 30.3 Å². The van der Waals surface area contributed by atoms with Crippen molar-refractivity contribution in [2.45, 2.75) is 24.8 Å². The zero-order valence-electron chi connectivity index (χ0n) is 13.2. The smallest absolute Gasteiger partial charge is 0.223 e. The van der Waals surface area contributed by atoms with Crippen LogP contribution in [0.2, 0.25) is 0 Å². The number of piperidine rings is 1. The van der Waals surface area contributed by atoms with Gasteiger partial charge >= 0.3 is 0 Å². The van der Waals surface area contributed by atoms with E-state index in [1.54, 1.807) is 0 Å². The van der Waals surface area contributed by atoms with Crippen LogP contribution in [0.4, 0.5) is 5.95 Å². The Hall–Kier alpha value is -2.40. The summed E-state index contributed by atoms with van der Waals surface area (Å²) in [6.45, 7) is 1.01. The molecule has 2 aromatic heterocycles. The van der Waals surface area contributed by atoms with Crippen molar-refractivity contribution in [3.63, 3.8) is 0 Å². The Morgan fingerprint density at radius 1 is 1.13 bits per heavy atom. The molecule has 5 heteroatoms. The number of H-pyrrole nitrogens is 1. The van der Waals surface area contributed by atoms with E-state index in [9.17, 15) is 0 Å². The summed E-state index contributed by atoms with van der Waals surface area (Å²) < 4.78 is 0. The Bertz CT molecular complexity index is 796. The maximum Gasteiger partial charge on any atom is 0.223 e. The van der Waals surface area contributed by atoms with Gasteiger partial charge in [0.25, 0.3) is 0 Å². The summed E-state index contributed by atoms with van der Waals surface area (Å²) in [4.78, 5) is 12.6. The SMILES string of the molecule is CNc1nc(C2CCNC(c3ccccc3)C2)c2[nH]ccc2n1. The van der Waals surface area contributed by atoms with Gasteiger partial charge in [-0.15, -0.1) is 0 Å². The zero-order chi connectivity index (χ0) is 15.6. The first-order valence-corrected chi connectivity index (χ1v) is 8.16. The lowest BCUT2D eigenvalue weighted by atomic mass is 9.86. The minimum atomic E-state index is 0.382. The van der Waals surface area contributed by atoms with E-state index >= 15 is 0 Å². The maximum absolute atomic E-state index is 4.76. The van der Waals surface area contributed by atoms with Crippen LogP contribution in [-0.2, 0) is 0 Å². The molecule has 23 heavy (non-hydrogen) atoms. The second-order valence-electron chi connectivity index (χ2n) is 6.06. The van der Waals surface area contributed by atoms with Crippen molar-refractivity contribution in [1.29, 1.82) is 0 Å². The molecule has 0 saturated carbocycles. The van der Waals surface area contributed by atoms with E-state index in [2.05, 4.69) is 50.9 Å². The van der Waals surface area contributed by atoms with Gasteiger partial charge in [-0.25, -0.2) is 9.97 Å². The Balaban J connectivity index is 1.69. The van der Waals surface area contributed by atoms with Crippen LogP contribution in [0.1, 0.15) is 36.1 Å². The van der Waals surface area contributed by atoms with E-state index in [0.717, 1.165) is 36.1 Å². The third-order valence-corrected chi connectivity index (χ3v) is 4.65. The average molecular weight is 307 g/mol. The number of aromatic nitrogens is 3. The lowest BCUT2D eigenvalue weighted by Crippen LogP contribution is -2.31. The highest BCUT2D eigenvalue weighted by atomic mass is 15.1. The molecule has 1 aromatic carbocycles. The van der Waals surface area contributed by atoms with E-state index in [-0.39, 0.29) is 0 Å². The van der Waals surface area contributed by atoms with E-state index in [1.807, 2.05) is 19.3 Å². The van der Waals surface area contributed by atoms with Gasteiger partial charge in [-0.2, -0.15) is 0 Å². The third kappa shape index (κ3) is 2.68. The first kappa shape index (κ1) is 14.2. The Labute approximate surface area is 135 Å². The molecule has 2 atom stereocenters. The van der Waals surface area contributed by atoms with Crippen molar-refractivity contribution in [2.75, 3.05) is 18.9 Å². The number of nitrogens with one attached hydrogen (secondary N) is 3. The number of benzene rings is 1. The van der Waals surface area contributed by atoms with Gasteiger partial charge in [0.05, 0.1) is 16.7 Å². The minimum Gasteiger partial charge on any atom is -0.358 e. The summed E-state index contributed by atoms with van der Waals surface area (Å²) in [5.41, 5.74) is 4.53. The van der Waals surface area contributed by atoms with E-state index in [4.69, 9.17) is 4.98 Å². The highest BCUT2D eigenvalue weighted by molar-refractivity contribution is 5.79. The Morgan fingerprint density at radius 2 is 2.00 bits per heavy atom. The van der Waals surface area contributed by atoms with Gasteiger partial charge in [-0.05, 0) is 31.0 Å². The summed E-state index contributed by atoms with van der Waals surface area (Å²) in [5, 5.41) is 6.72. The molecule has 5 nitrogen and oxygen atoms in total. The topological polar surface area (TPSA) is 65.6 Å². The standard InChI is InChI=1S/C18H21N5/c1-19-18-22-14-8-10-21-17(14)16(23-18)13-7-9-20-15(11-13)12-5-3-2-4-6-12/h2-6,8,10,13,15,20-21H,7,9,11H2,1H3,(H,19,22,23). The van der Waals surface area contributed by atoms with Crippen LogP contribution in [0, 0.1) is 0 Å². The molecule has 3 aromatic rings. The van der Waals surface area contributed by atoms with E-state index < -0.39 is 0 Å². The Kier molecular flexibility index (Phi) is 3.71. The third-order valence-electron chi connectivity index (χ3n) is 4.65. The van der Waals surface area contributed by atoms with Crippen LogP contribution in [-0.4, -0.2) is 28.5 Å². The molecule has 2 unspecified atom stereocenters. The molecule has 1 saturated heterocycles. The van der Waals surface area contributed by atoms with Crippen LogP contribution in [0.3, 0.4) is 0 Å². The number of fused-ring (bicyclic) bond motifs is 1. The molecule has 3 N–H and O–H groups in total. The van der Waals surface area contributed by atoms with Gasteiger partial charge in [0.2, 0.25) is 5.95 Å². The highest BCUT2D eigenvalue weighted by Gasteiger charge is 2.27. The van der Waals surface area contributed by atoms with Crippen molar-refractivity contribution in [1.82, 2.24) is 20.3 Å². The molecule has 1 aliphatic heterocycles. The highest BCUT2D eigenvalue weighted by Crippen LogP contribution is 2.36. The van der Waals surface area contributed by atoms with Crippen molar-refractivity contribution in [2.24, 2.45) is 0 Å². The monoisotopic (exact) mass is 307 g/mol. The largest absolute Gasteiger partial charge is 0.358 e. The summed E-state index contributed by atoms with van der Waals surface area (Å²) in [5.74, 6) is 1.12. The van der Waals surface area contributed by atoms with Crippen LogP contribution in [0.15, 0.2) is 42.6 Å². The van der Waals surface area contributed by atoms with Crippen molar-refractivity contribution in [3.8, 4) is 0 Å². The summed E-state index contributed by atoms with van der Waals surface area (Å²) >= 11 is 0. The molecule has 0 amide bonds. The molecule has 3 heterocycles.